The second-order valence-corrected chi connectivity index (χ2v) is 6.53. The molecule has 0 atom stereocenters. The van der Waals surface area contributed by atoms with Crippen LogP contribution in [0.3, 0.4) is 0 Å². The van der Waals surface area contributed by atoms with Gasteiger partial charge in [0.2, 0.25) is 0 Å². The molecular weight excluding hydrogens is 357 g/mol. The van der Waals surface area contributed by atoms with Crippen molar-refractivity contribution in [2.75, 3.05) is 0 Å². The van der Waals surface area contributed by atoms with Crippen molar-refractivity contribution in [1.29, 1.82) is 0 Å². The first-order valence-electron chi connectivity index (χ1n) is 6.63. The molecule has 0 aliphatic heterocycles. The summed E-state index contributed by atoms with van der Waals surface area (Å²) in [6.45, 7) is 0. The number of aromatic nitrogens is 4. The third-order valence-corrected chi connectivity index (χ3v) is 4.42. The highest BCUT2D eigenvalue weighted by Gasteiger charge is 2.30. The number of nitrogens with zero attached hydrogens (tertiary/aromatic N) is 4. The van der Waals surface area contributed by atoms with Crippen LogP contribution in [0, 0.1) is 0 Å². The number of alkyl halides is 3. The number of pyridine rings is 2. The molecule has 0 N–H and O–H groups in total. The van der Waals surface area contributed by atoms with E-state index in [1.54, 1.807) is 12.4 Å². The quantitative estimate of drug-likeness (QED) is 0.673. The molecule has 0 bridgehead atoms. The minimum Gasteiger partial charge on any atom is -0.259 e. The summed E-state index contributed by atoms with van der Waals surface area (Å²) in [5, 5.41) is 2.38. The van der Waals surface area contributed by atoms with Gasteiger partial charge in [-0.3, -0.25) is 4.98 Å². The summed E-state index contributed by atoms with van der Waals surface area (Å²) in [6.07, 6.45) is 1.23. The van der Waals surface area contributed by atoms with Gasteiger partial charge in [-0.05, 0) is 47.8 Å². The Bertz CT molecular complexity index is 811. The van der Waals surface area contributed by atoms with Crippen LogP contribution in [-0.4, -0.2) is 19.9 Å². The van der Waals surface area contributed by atoms with Crippen LogP contribution in [-0.2, 0) is 6.18 Å². The molecule has 0 aromatic carbocycles. The molecule has 3 rings (SSSR count). The SMILES string of the molecule is FC(F)(F)c1ccc(Sc2cncc(Sc3ccccn3)n2)nc1. The van der Waals surface area contributed by atoms with Crippen molar-refractivity contribution in [3.63, 3.8) is 0 Å². The second-order valence-electron chi connectivity index (χ2n) is 4.45. The van der Waals surface area contributed by atoms with E-state index in [0.29, 0.717) is 15.1 Å². The molecule has 0 aliphatic carbocycles. The molecule has 9 heteroatoms. The number of rotatable bonds is 4. The van der Waals surface area contributed by atoms with Crippen molar-refractivity contribution in [3.05, 3.63) is 60.7 Å². The van der Waals surface area contributed by atoms with Gasteiger partial charge in [0.25, 0.3) is 0 Å². The van der Waals surface area contributed by atoms with Gasteiger partial charge < -0.3 is 0 Å². The first-order valence-corrected chi connectivity index (χ1v) is 8.26. The zero-order valence-corrected chi connectivity index (χ0v) is 13.6. The lowest BCUT2D eigenvalue weighted by Gasteiger charge is -2.06. The highest BCUT2D eigenvalue weighted by molar-refractivity contribution is 7.99. The van der Waals surface area contributed by atoms with Crippen molar-refractivity contribution in [3.8, 4) is 0 Å². The van der Waals surface area contributed by atoms with Gasteiger partial charge in [0.05, 0.1) is 18.0 Å². The first kappa shape index (κ1) is 16.7. The average Bonchev–Trinajstić information content (AvgIpc) is 2.56. The summed E-state index contributed by atoms with van der Waals surface area (Å²) < 4.78 is 37.6. The monoisotopic (exact) mass is 366 g/mol. The Hall–Kier alpha value is -2.13. The fraction of sp³-hybridized carbons (Fsp3) is 0.0667. The molecule has 24 heavy (non-hydrogen) atoms. The Morgan fingerprint density at radius 3 is 2.00 bits per heavy atom. The number of hydrogen-bond donors (Lipinski definition) is 0. The smallest absolute Gasteiger partial charge is 0.259 e. The normalized spacial score (nSPS) is 11.5. The van der Waals surface area contributed by atoms with Crippen LogP contribution in [0.15, 0.2) is 75.2 Å². The van der Waals surface area contributed by atoms with Gasteiger partial charge in [0.1, 0.15) is 20.1 Å². The minimum absolute atomic E-state index is 0.414. The second kappa shape index (κ2) is 7.18. The molecule has 122 valence electrons. The molecule has 3 aromatic rings. The zero-order valence-electron chi connectivity index (χ0n) is 11.9. The maximum atomic E-state index is 12.5. The van der Waals surface area contributed by atoms with Gasteiger partial charge >= 0.3 is 6.18 Å². The Kier molecular flexibility index (Phi) is 5.00. The van der Waals surface area contributed by atoms with Crippen LogP contribution in [0.1, 0.15) is 5.56 Å². The molecule has 0 unspecified atom stereocenters. The summed E-state index contributed by atoms with van der Waals surface area (Å²) >= 11 is 2.50. The molecule has 0 saturated carbocycles. The first-order chi connectivity index (χ1) is 11.5. The van der Waals surface area contributed by atoms with Gasteiger partial charge in [-0.15, -0.1) is 0 Å². The van der Waals surface area contributed by atoms with E-state index >= 15 is 0 Å². The maximum Gasteiger partial charge on any atom is 0.417 e. The van der Waals surface area contributed by atoms with E-state index in [1.165, 1.54) is 24.0 Å². The van der Waals surface area contributed by atoms with Crippen LogP contribution < -0.4 is 0 Å². The molecule has 0 fully saturated rings. The highest BCUT2D eigenvalue weighted by atomic mass is 32.2. The van der Waals surface area contributed by atoms with E-state index in [-0.39, 0.29) is 0 Å². The summed E-state index contributed by atoms with van der Waals surface area (Å²) in [5.74, 6) is 0. The van der Waals surface area contributed by atoms with Gasteiger partial charge in [0, 0.05) is 12.4 Å². The molecule has 0 radical (unpaired) electrons. The van der Waals surface area contributed by atoms with Gasteiger partial charge in [0.15, 0.2) is 0 Å². The molecule has 0 spiro atoms. The molecular formula is C15H9F3N4S2. The summed E-state index contributed by atoms with van der Waals surface area (Å²) in [4.78, 5) is 16.5. The molecule has 3 heterocycles. The van der Waals surface area contributed by atoms with Crippen LogP contribution in [0.5, 0.6) is 0 Å². The van der Waals surface area contributed by atoms with Crippen molar-refractivity contribution < 1.29 is 13.2 Å². The van der Waals surface area contributed by atoms with E-state index in [4.69, 9.17) is 0 Å². The molecule has 0 saturated heterocycles. The number of hydrogen-bond acceptors (Lipinski definition) is 6. The fourth-order valence-corrected chi connectivity index (χ4v) is 3.16. The summed E-state index contributed by atoms with van der Waals surface area (Å²) in [7, 11) is 0. The lowest BCUT2D eigenvalue weighted by atomic mass is 10.3. The van der Waals surface area contributed by atoms with Crippen LogP contribution in [0.2, 0.25) is 0 Å². The van der Waals surface area contributed by atoms with Crippen LogP contribution >= 0.6 is 23.5 Å². The van der Waals surface area contributed by atoms with Gasteiger partial charge in [-0.25, -0.2) is 15.0 Å². The third kappa shape index (κ3) is 4.45. The van der Waals surface area contributed by atoms with E-state index in [9.17, 15) is 13.2 Å². The number of halogens is 3. The topological polar surface area (TPSA) is 51.6 Å². The predicted octanol–water partition coefficient (Wildman–Crippen LogP) is 4.59. The maximum absolute atomic E-state index is 12.5. The lowest BCUT2D eigenvalue weighted by molar-refractivity contribution is -0.137. The predicted molar refractivity (Wildman–Crippen MR) is 83.8 cm³/mol. The van der Waals surface area contributed by atoms with Gasteiger partial charge in [-0.2, -0.15) is 13.2 Å². The third-order valence-electron chi connectivity index (χ3n) is 2.71. The summed E-state index contributed by atoms with van der Waals surface area (Å²) in [5.41, 5.74) is -0.780. The standard InChI is InChI=1S/C15H9F3N4S2/c16-15(17,18)10-4-5-12(21-7-10)24-14-9-19-8-13(22-14)23-11-3-1-2-6-20-11/h1-9H. The highest BCUT2D eigenvalue weighted by Crippen LogP contribution is 2.31. The Balaban J connectivity index is 1.73. The van der Waals surface area contributed by atoms with Crippen molar-refractivity contribution >= 4 is 23.5 Å². The van der Waals surface area contributed by atoms with E-state index in [2.05, 4.69) is 19.9 Å². The van der Waals surface area contributed by atoms with Gasteiger partial charge in [-0.1, -0.05) is 6.07 Å². The molecule has 0 aliphatic rings. The van der Waals surface area contributed by atoms with Crippen molar-refractivity contribution in [1.82, 2.24) is 19.9 Å². The van der Waals surface area contributed by atoms with Crippen LogP contribution in [0.25, 0.3) is 0 Å². The Morgan fingerprint density at radius 1 is 0.750 bits per heavy atom. The molecule has 3 aromatic heterocycles. The van der Waals surface area contributed by atoms with E-state index in [1.807, 2.05) is 18.2 Å². The van der Waals surface area contributed by atoms with E-state index in [0.717, 1.165) is 29.1 Å². The molecule has 4 nitrogen and oxygen atoms in total. The van der Waals surface area contributed by atoms with Crippen molar-refractivity contribution in [2.45, 2.75) is 26.3 Å². The Morgan fingerprint density at radius 2 is 1.46 bits per heavy atom. The minimum atomic E-state index is -4.39. The average molecular weight is 366 g/mol. The summed E-state index contributed by atoms with van der Waals surface area (Å²) in [6, 6.07) is 7.85. The van der Waals surface area contributed by atoms with E-state index < -0.39 is 11.7 Å². The fourth-order valence-electron chi connectivity index (χ4n) is 1.66. The lowest BCUT2D eigenvalue weighted by Crippen LogP contribution is -2.05. The van der Waals surface area contributed by atoms with Crippen LogP contribution in [0.4, 0.5) is 13.2 Å². The van der Waals surface area contributed by atoms with Crippen molar-refractivity contribution in [2.24, 2.45) is 0 Å². The molecule has 0 amide bonds. The largest absolute Gasteiger partial charge is 0.417 e. The Labute approximate surface area is 144 Å². The zero-order chi connectivity index (χ0) is 17.0.